The molecule has 0 aliphatic carbocycles. The van der Waals surface area contributed by atoms with Gasteiger partial charge in [-0.1, -0.05) is 6.07 Å². The lowest BCUT2D eigenvalue weighted by molar-refractivity contribution is -0.137. The lowest BCUT2D eigenvalue weighted by atomic mass is 10.1. The van der Waals surface area contributed by atoms with Crippen LogP contribution in [0.4, 0.5) is 13.2 Å². The molecule has 0 aliphatic rings. The van der Waals surface area contributed by atoms with Crippen molar-refractivity contribution in [1.82, 2.24) is 4.98 Å². The highest BCUT2D eigenvalue weighted by Crippen LogP contribution is 2.31. The van der Waals surface area contributed by atoms with Crippen LogP contribution in [0.1, 0.15) is 11.1 Å². The molecule has 0 aliphatic heterocycles. The zero-order valence-corrected chi connectivity index (χ0v) is 10.5. The molecule has 0 N–H and O–H groups in total. The summed E-state index contributed by atoms with van der Waals surface area (Å²) in [5.41, 5.74) is 2.19. The van der Waals surface area contributed by atoms with Crippen LogP contribution in [0.5, 0.6) is 0 Å². The van der Waals surface area contributed by atoms with Crippen molar-refractivity contribution in [2.45, 2.75) is 13.1 Å². The first-order chi connectivity index (χ1) is 9.43. The first-order valence-electron chi connectivity index (χ1n) is 5.98. The number of nitrogens with zero attached hydrogens (tertiary/aromatic N) is 1. The fraction of sp³-hybridized carbons (Fsp3) is 0.133. The van der Waals surface area contributed by atoms with Gasteiger partial charge in [-0.25, -0.2) is 4.98 Å². The Bertz CT molecular complexity index is 757. The topological polar surface area (TPSA) is 26.0 Å². The lowest BCUT2D eigenvalue weighted by Gasteiger charge is -2.05. The molecule has 3 aromatic rings. The molecule has 102 valence electrons. The number of halogens is 3. The summed E-state index contributed by atoms with van der Waals surface area (Å²) in [7, 11) is 0. The van der Waals surface area contributed by atoms with Crippen molar-refractivity contribution in [3.63, 3.8) is 0 Å². The van der Waals surface area contributed by atoms with E-state index >= 15 is 0 Å². The van der Waals surface area contributed by atoms with Gasteiger partial charge in [-0.15, -0.1) is 0 Å². The zero-order chi connectivity index (χ0) is 14.3. The van der Waals surface area contributed by atoms with Gasteiger partial charge in [0.2, 0.25) is 5.89 Å². The summed E-state index contributed by atoms with van der Waals surface area (Å²) in [6, 6.07) is 10.3. The van der Waals surface area contributed by atoms with E-state index in [2.05, 4.69) is 4.98 Å². The molecule has 5 heteroatoms. The van der Waals surface area contributed by atoms with Crippen LogP contribution in [-0.2, 0) is 6.18 Å². The maximum absolute atomic E-state index is 12.5. The van der Waals surface area contributed by atoms with E-state index in [1.165, 1.54) is 12.1 Å². The molecular weight excluding hydrogens is 267 g/mol. The number of aryl methyl sites for hydroxylation is 1. The summed E-state index contributed by atoms with van der Waals surface area (Å²) in [6.45, 7) is 1.94. The van der Waals surface area contributed by atoms with Gasteiger partial charge in [-0.3, -0.25) is 0 Å². The Morgan fingerprint density at radius 2 is 1.70 bits per heavy atom. The fourth-order valence-corrected chi connectivity index (χ4v) is 1.96. The predicted octanol–water partition coefficient (Wildman–Crippen LogP) is 4.82. The number of hydrogen-bond acceptors (Lipinski definition) is 2. The lowest BCUT2D eigenvalue weighted by Crippen LogP contribution is -2.03. The first kappa shape index (κ1) is 12.7. The Kier molecular flexibility index (Phi) is 2.78. The van der Waals surface area contributed by atoms with Crippen LogP contribution < -0.4 is 0 Å². The summed E-state index contributed by atoms with van der Waals surface area (Å²) < 4.78 is 43.0. The largest absolute Gasteiger partial charge is 0.436 e. The van der Waals surface area contributed by atoms with Crippen LogP contribution in [0.15, 0.2) is 46.9 Å². The van der Waals surface area contributed by atoms with Crippen LogP contribution in [0, 0.1) is 6.92 Å². The number of hydrogen-bond donors (Lipinski definition) is 0. The maximum atomic E-state index is 12.5. The monoisotopic (exact) mass is 277 g/mol. The van der Waals surface area contributed by atoms with E-state index in [0.29, 0.717) is 22.6 Å². The van der Waals surface area contributed by atoms with Gasteiger partial charge < -0.3 is 4.42 Å². The molecule has 0 atom stereocenters. The Balaban J connectivity index is 2.02. The molecule has 0 radical (unpaired) electrons. The van der Waals surface area contributed by atoms with Gasteiger partial charge in [-0.2, -0.15) is 13.2 Å². The predicted molar refractivity (Wildman–Crippen MR) is 69.2 cm³/mol. The van der Waals surface area contributed by atoms with E-state index < -0.39 is 11.7 Å². The zero-order valence-electron chi connectivity index (χ0n) is 10.5. The summed E-state index contributed by atoms with van der Waals surface area (Å²) in [4.78, 5) is 4.29. The van der Waals surface area contributed by atoms with E-state index in [1.54, 1.807) is 6.07 Å². The first-order valence-corrected chi connectivity index (χ1v) is 5.98. The molecule has 0 spiro atoms. The number of rotatable bonds is 1. The molecule has 1 heterocycles. The minimum Gasteiger partial charge on any atom is -0.436 e. The Morgan fingerprint density at radius 3 is 2.35 bits per heavy atom. The second-order valence-corrected chi connectivity index (χ2v) is 4.57. The molecule has 2 nitrogen and oxygen atoms in total. The van der Waals surface area contributed by atoms with Gasteiger partial charge in [0.25, 0.3) is 0 Å². The van der Waals surface area contributed by atoms with Gasteiger partial charge in [0.05, 0.1) is 5.56 Å². The maximum Gasteiger partial charge on any atom is 0.416 e. The molecule has 0 saturated carbocycles. The van der Waals surface area contributed by atoms with E-state index in [9.17, 15) is 13.2 Å². The minimum atomic E-state index is -4.34. The molecule has 0 fully saturated rings. The number of benzene rings is 2. The Morgan fingerprint density at radius 1 is 1.00 bits per heavy atom. The van der Waals surface area contributed by atoms with E-state index in [-0.39, 0.29) is 0 Å². The van der Waals surface area contributed by atoms with Crippen molar-refractivity contribution in [2.24, 2.45) is 0 Å². The van der Waals surface area contributed by atoms with Crippen molar-refractivity contribution < 1.29 is 17.6 Å². The van der Waals surface area contributed by atoms with E-state index in [0.717, 1.165) is 17.7 Å². The fourth-order valence-electron chi connectivity index (χ4n) is 1.96. The quantitative estimate of drug-likeness (QED) is 0.637. The van der Waals surface area contributed by atoms with E-state index in [1.807, 2.05) is 19.1 Å². The third-order valence-electron chi connectivity index (χ3n) is 3.00. The Hall–Kier alpha value is -2.30. The molecule has 1 aromatic heterocycles. The van der Waals surface area contributed by atoms with Crippen molar-refractivity contribution >= 4 is 11.1 Å². The average Bonchev–Trinajstić information content (AvgIpc) is 2.80. The summed E-state index contributed by atoms with van der Waals surface area (Å²) >= 11 is 0. The van der Waals surface area contributed by atoms with Crippen LogP contribution in [0.3, 0.4) is 0 Å². The van der Waals surface area contributed by atoms with Gasteiger partial charge in [0.15, 0.2) is 5.58 Å². The van der Waals surface area contributed by atoms with Crippen molar-refractivity contribution in [3.8, 4) is 11.5 Å². The van der Waals surface area contributed by atoms with Crippen molar-refractivity contribution in [1.29, 1.82) is 0 Å². The van der Waals surface area contributed by atoms with Crippen LogP contribution in [0.25, 0.3) is 22.6 Å². The average molecular weight is 277 g/mol. The number of alkyl halides is 3. The van der Waals surface area contributed by atoms with Crippen LogP contribution >= 0.6 is 0 Å². The van der Waals surface area contributed by atoms with Crippen molar-refractivity contribution in [2.75, 3.05) is 0 Å². The van der Waals surface area contributed by atoms with Gasteiger partial charge in [0, 0.05) is 5.56 Å². The normalized spacial score (nSPS) is 12.0. The second-order valence-electron chi connectivity index (χ2n) is 4.57. The third-order valence-corrected chi connectivity index (χ3v) is 3.00. The molecule has 2 aromatic carbocycles. The highest BCUT2D eigenvalue weighted by molar-refractivity contribution is 5.76. The molecule has 0 amide bonds. The van der Waals surface area contributed by atoms with E-state index in [4.69, 9.17) is 4.42 Å². The summed E-state index contributed by atoms with van der Waals surface area (Å²) in [5, 5.41) is 0. The molecular formula is C15H10F3NO. The van der Waals surface area contributed by atoms with Gasteiger partial charge in [-0.05, 0) is 48.9 Å². The third kappa shape index (κ3) is 2.27. The number of fused-ring (bicyclic) bond motifs is 1. The van der Waals surface area contributed by atoms with Gasteiger partial charge >= 0.3 is 6.18 Å². The molecule has 0 unspecified atom stereocenters. The second kappa shape index (κ2) is 4.37. The highest BCUT2D eigenvalue weighted by Gasteiger charge is 2.30. The SMILES string of the molecule is Cc1ccc2oc(-c3ccc(C(F)(F)F)cc3)nc2c1. The molecule has 0 saturated heterocycles. The summed E-state index contributed by atoms with van der Waals surface area (Å²) in [5.74, 6) is 0.319. The van der Waals surface area contributed by atoms with Crippen molar-refractivity contribution in [3.05, 3.63) is 53.6 Å². The van der Waals surface area contributed by atoms with Crippen LogP contribution in [0.2, 0.25) is 0 Å². The standard InChI is InChI=1S/C15H10F3NO/c1-9-2-7-13-12(8-9)19-14(20-13)10-3-5-11(6-4-10)15(16,17)18/h2-8H,1H3. The molecule has 3 rings (SSSR count). The number of oxazole rings is 1. The molecule has 20 heavy (non-hydrogen) atoms. The van der Waals surface area contributed by atoms with Gasteiger partial charge in [0.1, 0.15) is 5.52 Å². The highest BCUT2D eigenvalue weighted by atomic mass is 19.4. The number of aromatic nitrogens is 1. The molecule has 0 bridgehead atoms. The smallest absolute Gasteiger partial charge is 0.416 e. The van der Waals surface area contributed by atoms with Crippen LogP contribution in [-0.4, -0.2) is 4.98 Å². The Labute approximate surface area is 112 Å². The minimum absolute atomic E-state index is 0.319. The summed E-state index contributed by atoms with van der Waals surface area (Å²) in [6.07, 6.45) is -4.34.